The van der Waals surface area contributed by atoms with Crippen LogP contribution in [-0.4, -0.2) is 5.11 Å². The van der Waals surface area contributed by atoms with Crippen LogP contribution in [0.3, 0.4) is 0 Å². The van der Waals surface area contributed by atoms with Gasteiger partial charge in [-0.15, -0.1) is 0 Å². The van der Waals surface area contributed by atoms with Crippen molar-refractivity contribution in [3.8, 4) is 5.75 Å². The van der Waals surface area contributed by atoms with E-state index in [1.807, 2.05) is 0 Å². The minimum absolute atomic E-state index is 0.0227. The van der Waals surface area contributed by atoms with Crippen LogP contribution in [0.15, 0.2) is 52.3 Å². The van der Waals surface area contributed by atoms with Crippen molar-refractivity contribution in [3.05, 3.63) is 53.8 Å². The Labute approximate surface area is 110 Å². The summed E-state index contributed by atoms with van der Waals surface area (Å²) in [4.78, 5) is 0.399. The van der Waals surface area contributed by atoms with Crippen LogP contribution in [0.2, 0.25) is 0 Å². The van der Waals surface area contributed by atoms with Gasteiger partial charge in [-0.05, 0) is 30.3 Å². The van der Waals surface area contributed by atoms with Gasteiger partial charge in [0.25, 0.3) is 0 Å². The Morgan fingerprint density at radius 2 is 1.63 bits per heavy atom. The molecule has 6 heteroatoms. The molecule has 100 valence electrons. The van der Waals surface area contributed by atoms with Crippen LogP contribution in [0.1, 0.15) is 5.56 Å². The van der Waals surface area contributed by atoms with Crippen LogP contribution in [-0.2, 0) is 6.18 Å². The summed E-state index contributed by atoms with van der Waals surface area (Å²) in [6.45, 7) is 0. The van der Waals surface area contributed by atoms with E-state index in [4.69, 9.17) is 0 Å². The smallest absolute Gasteiger partial charge is 0.416 e. The molecule has 0 spiro atoms. The molecular weight excluding hydrogens is 280 g/mol. The molecular formula is C13H8F4OS. The molecule has 2 aromatic rings. The van der Waals surface area contributed by atoms with Crippen molar-refractivity contribution < 1.29 is 22.7 Å². The molecule has 0 fully saturated rings. The van der Waals surface area contributed by atoms with Crippen LogP contribution in [0.25, 0.3) is 0 Å². The molecule has 1 N–H and O–H groups in total. The van der Waals surface area contributed by atoms with E-state index in [0.717, 1.165) is 23.9 Å². The van der Waals surface area contributed by atoms with Crippen molar-refractivity contribution in [1.82, 2.24) is 0 Å². The SMILES string of the molecule is Oc1ccccc1Sc1ccc(C(F)(F)F)cc1F. The van der Waals surface area contributed by atoms with Gasteiger partial charge in [0, 0.05) is 4.90 Å². The Bertz CT molecular complexity index is 595. The number of phenols is 1. The molecule has 0 radical (unpaired) electrons. The third-order valence-corrected chi connectivity index (χ3v) is 3.46. The van der Waals surface area contributed by atoms with E-state index in [9.17, 15) is 22.7 Å². The zero-order valence-electron chi connectivity index (χ0n) is 9.41. The summed E-state index contributed by atoms with van der Waals surface area (Å²) in [5, 5.41) is 9.52. The minimum Gasteiger partial charge on any atom is -0.507 e. The molecule has 2 rings (SSSR count). The van der Waals surface area contributed by atoms with Crippen molar-refractivity contribution in [2.45, 2.75) is 16.0 Å². The number of rotatable bonds is 2. The summed E-state index contributed by atoms with van der Waals surface area (Å²) in [6, 6.07) is 8.52. The molecule has 19 heavy (non-hydrogen) atoms. The average Bonchev–Trinajstić information content (AvgIpc) is 2.33. The molecule has 2 aromatic carbocycles. The van der Waals surface area contributed by atoms with Gasteiger partial charge in [0.15, 0.2) is 0 Å². The third kappa shape index (κ3) is 3.20. The van der Waals surface area contributed by atoms with Gasteiger partial charge >= 0.3 is 6.18 Å². The van der Waals surface area contributed by atoms with Crippen molar-refractivity contribution in [1.29, 1.82) is 0 Å². The molecule has 0 heterocycles. The van der Waals surface area contributed by atoms with E-state index >= 15 is 0 Å². The summed E-state index contributed by atoms with van der Waals surface area (Å²) in [5.74, 6) is -1.02. The van der Waals surface area contributed by atoms with Gasteiger partial charge in [-0.25, -0.2) is 4.39 Å². The number of phenolic OH excluding ortho intramolecular Hbond substituents is 1. The number of hydrogen-bond donors (Lipinski definition) is 1. The number of para-hydroxylation sites is 1. The van der Waals surface area contributed by atoms with E-state index in [1.54, 1.807) is 18.2 Å². The predicted molar refractivity (Wildman–Crippen MR) is 63.6 cm³/mol. The normalized spacial score (nSPS) is 11.6. The molecule has 0 amide bonds. The Balaban J connectivity index is 2.30. The lowest BCUT2D eigenvalue weighted by atomic mass is 10.2. The Kier molecular flexibility index (Phi) is 3.71. The second kappa shape index (κ2) is 5.13. The minimum atomic E-state index is -4.57. The molecule has 0 atom stereocenters. The first-order chi connectivity index (χ1) is 8.88. The second-order valence-corrected chi connectivity index (χ2v) is 4.80. The second-order valence-electron chi connectivity index (χ2n) is 3.71. The quantitative estimate of drug-likeness (QED) is 0.808. The maximum Gasteiger partial charge on any atom is 0.416 e. The topological polar surface area (TPSA) is 20.2 Å². The summed E-state index contributed by atoms with van der Waals surface area (Å²) < 4.78 is 50.7. The van der Waals surface area contributed by atoms with E-state index in [2.05, 4.69) is 0 Å². The highest BCUT2D eigenvalue weighted by Gasteiger charge is 2.31. The maximum absolute atomic E-state index is 13.6. The van der Waals surface area contributed by atoms with Crippen molar-refractivity contribution >= 4 is 11.8 Å². The number of halogens is 4. The van der Waals surface area contributed by atoms with Crippen LogP contribution in [0, 0.1) is 5.82 Å². The molecule has 0 aliphatic carbocycles. The molecule has 0 aliphatic rings. The molecule has 0 unspecified atom stereocenters. The molecule has 0 aliphatic heterocycles. The lowest BCUT2D eigenvalue weighted by molar-refractivity contribution is -0.137. The van der Waals surface area contributed by atoms with E-state index in [1.165, 1.54) is 6.07 Å². The van der Waals surface area contributed by atoms with E-state index in [-0.39, 0.29) is 10.6 Å². The largest absolute Gasteiger partial charge is 0.507 e. The maximum atomic E-state index is 13.6. The summed E-state index contributed by atoms with van der Waals surface area (Å²) in [7, 11) is 0. The highest BCUT2D eigenvalue weighted by atomic mass is 32.2. The predicted octanol–water partition coefficient (Wildman–Crippen LogP) is 4.70. The van der Waals surface area contributed by atoms with Crippen molar-refractivity contribution in [2.24, 2.45) is 0 Å². The van der Waals surface area contributed by atoms with Crippen LogP contribution in [0.4, 0.5) is 17.6 Å². The third-order valence-electron chi connectivity index (χ3n) is 2.34. The van der Waals surface area contributed by atoms with Gasteiger partial charge in [-0.1, -0.05) is 23.9 Å². The standard InChI is InChI=1S/C13H8F4OS/c14-9-7-8(13(15,16)17)5-6-11(9)19-12-4-2-1-3-10(12)18/h1-7,18H. The fourth-order valence-corrected chi connectivity index (χ4v) is 2.27. The number of aromatic hydroxyl groups is 1. The Morgan fingerprint density at radius 3 is 2.21 bits per heavy atom. The summed E-state index contributed by atoms with van der Waals surface area (Å²) >= 11 is 0.868. The first-order valence-corrected chi connectivity index (χ1v) is 6.02. The Hall–Kier alpha value is -1.69. The molecule has 1 nitrogen and oxygen atoms in total. The van der Waals surface area contributed by atoms with Crippen LogP contribution < -0.4 is 0 Å². The van der Waals surface area contributed by atoms with Gasteiger partial charge in [-0.2, -0.15) is 13.2 Å². The zero-order chi connectivity index (χ0) is 14.0. The van der Waals surface area contributed by atoms with Gasteiger partial charge in [0.05, 0.1) is 10.5 Å². The van der Waals surface area contributed by atoms with Crippen LogP contribution >= 0.6 is 11.8 Å². The molecule has 0 saturated heterocycles. The summed E-state index contributed by atoms with van der Waals surface area (Å²) in [6.07, 6.45) is -4.57. The van der Waals surface area contributed by atoms with E-state index < -0.39 is 17.6 Å². The summed E-state index contributed by atoms with van der Waals surface area (Å²) in [5.41, 5.74) is -1.04. The van der Waals surface area contributed by atoms with Gasteiger partial charge in [0.1, 0.15) is 11.6 Å². The number of benzene rings is 2. The van der Waals surface area contributed by atoms with Crippen molar-refractivity contribution in [3.63, 3.8) is 0 Å². The average molecular weight is 288 g/mol. The Morgan fingerprint density at radius 1 is 0.947 bits per heavy atom. The highest BCUT2D eigenvalue weighted by Crippen LogP contribution is 2.37. The zero-order valence-corrected chi connectivity index (χ0v) is 10.2. The lowest BCUT2D eigenvalue weighted by Crippen LogP contribution is -2.05. The van der Waals surface area contributed by atoms with Gasteiger partial charge in [-0.3, -0.25) is 0 Å². The first-order valence-electron chi connectivity index (χ1n) is 5.20. The van der Waals surface area contributed by atoms with Gasteiger partial charge < -0.3 is 5.11 Å². The monoisotopic (exact) mass is 288 g/mol. The molecule has 0 bridgehead atoms. The number of alkyl halides is 3. The van der Waals surface area contributed by atoms with E-state index in [0.29, 0.717) is 11.0 Å². The lowest BCUT2D eigenvalue weighted by Gasteiger charge is -2.09. The fourth-order valence-electron chi connectivity index (χ4n) is 1.42. The molecule has 0 saturated carbocycles. The number of hydrogen-bond acceptors (Lipinski definition) is 2. The van der Waals surface area contributed by atoms with Crippen LogP contribution in [0.5, 0.6) is 5.75 Å². The van der Waals surface area contributed by atoms with Gasteiger partial charge in [0.2, 0.25) is 0 Å². The fraction of sp³-hybridized carbons (Fsp3) is 0.0769. The van der Waals surface area contributed by atoms with Crippen molar-refractivity contribution in [2.75, 3.05) is 0 Å². The highest BCUT2D eigenvalue weighted by molar-refractivity contribution is 7.99. The first kappa shape index (κ1) is 13.7. The molecule has 0 aromatic heterocycles.